The molecule has 33 heavy (non-hydrogen) atoms. The van der Waals surface area contributed by atoms with E-state index in [-0.39, 0.29) is 24.2 Å². The number of aliphatic hydroxyl groups is 1. The molecule has 0 saturated heterocycles. The average Bonchev–Trinajstić information content (AvgIpc) is 2.82. The fourth-order valence-electron chi connectivity index (χ4n) is 4.39. The predicted octanol–water partition coefficient (Wildman–Crippen LogP) is 3.76. The molecule has 0 unspecified atom stereocenters. The van der Waals surface area contributed by atoms with Crippen LogP contribution in [0.25, 0.3) is 10.9 Å². The van der Waals surface area contributed by atoms with Gasteiger partial charge in [-0.15, -0.1) is 0 Å². The normalized spacial score (nSPS) is 15.4. The number of fused-ring (bicyclic) bond motifs is 1. The summed E-state index contributed by atoms with van der Waals surface area (Å²) in [6.07, 6.45) is 5.13. The Morgan fingerprint density at radius 3 is 2.42 bits per heavy atom. The van der Waals surface area contributed by atoms with Crippen molar-refractivity contribution in [1.82, 2.24) is 9.88 Å². The van der Waals surface area contributed by atoms with E-state index in [0.29, 0.717) is 18.6 Å². The Morgan fingerprint density at radius 2 is 1.76 bits per heavy atom. The van der Waals surface area contributed by atoms with E-state index in [2.05, 4.69) is 5.32 Å². The molecule has 1 aliphatic carbocycles. The van der Waals surface area contributed by atoms with Crippen LogP contribution in [0.3, 0.4) is 0 Å². The standard InChI is InChI=1S/C25H26F2N2O4/c1-33-17-7-5-16(6-8-17)13-29-14-18(23(30)21-19(26)9-10-20(27)22(21)29)24(31)28-15-25(32)11-3-2-4-12-25/h5-10,14,32H,2-4,11-13,15H2,1H3,(H,28,31). The zero-order chi connectivity index (χ0) is 23.6. The van der Waals surface area contributed by atoms with E-state index in [0.717, 1.165) is 37.0 Å². The molecule has 2 N–H and O–H groups in total. The maximum atomic E-state index is 14.7. The number of hydrogen-bond donors (Lipinski definition) is 2. The molecule has 6 nitrogen and oxygen atoms in total. The number of nitrogens with one attached hydrogen (secondary N) is 1. The van der Waals surface area contributed by atoms with Gasteiger partial charge in [-0.2, -0.15) is 0 Å². The number of carbonyl (C=O) groups is 1. The van der Waals surface area contributed by atoms with Crippen molar-refractivity contribution >= 4 is 16.8 Å². The van der Waals surface area contributed by atoms with E-state index in [4.69, 9.17) is 4.74 Å². The number of pyridine rings is 1. The molecule has 1 heterocycles. The van der Waals surface area contributed by atoms with Gasteiger partial charge in [0.1, 0.15) is 22.9 Å². The number of amides is 1. The molecule has 0 spiro atoms. The summed E-state index contributed by atoms with van der Waals surface area (Å²) in [5.41, 5.74) is -1.68. The summed E-state index contributed by atoms with van der Waals surface area (Å²) in [6.45, 7) is 0.0960. The Balaban J connectivity index is 1.73. The number of aromatic nitrogens is 1. The molecule has 1 aromatic heterocycles. The highest BCUT2D eigenvalue weighted by Crippen LogP contribution is 2.27. The molecule has 0 radical (unpaired) electrons. The Bertz CT molecular complexity index is 1230. The predicted molar refractivity (Wildman–Crippen MR) is 121 cm³/mol. The van der Waals surface area contributed by atoms with Crippen molar-refractivity contribution in [3.63, 3.8) is 0 Å². The number of methoxy groups -OCH3 is 1. The summed E-state index contributed by atoms with van der Waals surface area (Å²) in [5, 5.41) is 12.8. The van der Waals surface area contributed by atoms with Crippen LogP contribution in [0.4, 0.5) is 8.78 Å². The summed E-state index contributed by atoms with van der Waals surface area (Å²) in [6, 6.07) is 8.82. The van der Waals surface area contributed by atoms with Crippen molar-refractivity contribution in [2.75, 3.05) is 13.7 Å². The Labute approximate surface area is 189 Å². The third-order valence-electron chi connectivity index (χ3n) is 6.24. The second kappa shape index (κ2) is 9.31. The molecule has 1 amide bonds. The van der Waals surface area contributed by atoms with Gasteiger partial charge >= 0.3 is 0 Å². The summed E-state index contributed by atoms with van der Waals surface area (Å²) in [5.74, 6) is -1.75. The number of benzene rings is 2. The molecule has 174 valence electrons. The van der Waals surface area contributed by atoms with Crippen molar-refractivity contribution < 1.29 is 23.4 Å². The van der Waals surface area contributed by atoms with Gasteiger partial charge < -0.3 is 19.7 Å². The molecule has 0 bridgehead atoms. The van der Waals surface area contributed by atoms with E-state index in [9.17, 15) is 23.5 Å². The van der Waals surface area contributed by atoms with Crippen LogP contribution < -0.4 is 15.5 Å². The van der Waals surface area contributed by atoms with Crippen molar-refractivity contribution in [2.24, 2.45) is 0 Å². The number of nitrogens with zero attached hydrogens (tertiary/aromatic N) is 1. The Kier molecular flexibility index (Phi) is 6.47. The summed E-state index contributed by atoms with van der Waals surface area (Å²) >= 11 is 0. The molecule has 1 saturated carbocycles. The summed E-state index contributed by atoms with van der Waals surface area (Å²) < 4.78 is 35.9. The van der Waals surface area contributed by atoms with Crippen molar-refractivity contribution in [3.8, 4) is 5.75 Å². The quantitative estimate of drug-likeness (QED) is 0.592. The van der Waals surface area contributed by atoms with Crippen LogP contribution in [-0.4, -0.2) is 34.8 Å². The molecule has 0 atom stereocenters. The lowest BCUT2D eigenvalue weighted by atomic mass is 9.85. The lowest BCUT2D eigenvalue weighted by Crippen LogP contribution is -2.45. The monoisotopic (exact) mass is 456 g/mol. The Morgan fingerprint density at radius 1 is 1.09 bits per heavy atom. The number of ether oxygens (including phenoxy) is 1. The molecule has 1 fully saturated rings. The molecular formula is C25H26F2N2O4. The molecule has 4 rings (SSSR count). The van der Waals surface area contributed by atoms with E-state index >= 15 is 0 Å². The van der Waals surface area contributed by atoms with Gasteiger partial charge in [0, 0.05) is 19.3 Å². The van der Waals surface area contributed by atoms with Gasteiger partial charge in [0.2, 0.25) is 5.43 Å². The minimum atomic E-state index is -1.02. The summed E-state index contributed by atoms with van der Waals surface area (Å²) in [4.78, 5) is 25.9. The van der Waals surface area contributed by atoms with Gasteiger partial charge in [-0.3, -0.25) is 9.59 Å². The second-order valence-corrected chi connectivity index (χ2v) is 8.57. The minimum absolute atomic E-state index is 0.00652. The van der Waals surface area contributed by atoms with Gasteiger partial charge in [-0.25, -0.2) is 8.78 Å². The van der Waals surface area contributed by atoms with E-state index in [1.807, 2.05) is 0 Å². The first-order valence-electron chi connectivity index (χ1n) is 11.0. The van der Waals surface area contributed by atoms with Crippen LogP contribution in [0.1, 0.15) is 48.0 Å². The molecule has 0 aliphatic heterocycles. The van der Waals surface area contributed by atoms with Gasteiger partial charge in [0.15, 0.2) is 0 Å². The van der Waals surface area contributed by atoms with Crippen LogP contribution in [0, 0.1) is 11.6 Å². The Hall–Kier alpha value is -3.26. The van der Waals surface area contributed by atoms with Crippen molar-refractivity contribution in [3.05, 3.63) is 75.6 Å². The SMILES string of the molecule is COc1ccc(Cn2cc(C(=O)NCC3(O)CCCCC3)c(=O)c3c(F)ccc(F)c32)cc1. The van der Waals surface area contributed by atoms with Crippen LogP contribution in [0.15, 0.2) is 47.4 Å². The molecule has 2 aromatic carbocycles. The van der Waals surface area contributed by atoms with Crippen molar-refractivity contribution in [1.29, 1.82) is 0 Å². The first kappa shape index (κ1) is 22.9. The summed E-state index contributed by atoms with van der Waals surface area (Å²) in [7, 11) is 1.54. The molecule has 8 heteroatoms. The highest BCUT2D eigenvalue weighted by atomic mass is 19.1. The number of carbonyl (C=O) groups excluding carboxylic acids is 1. The number of rotatable bonds is 6. The largest absolute Gasteiger partial charge is 0.497 e. The van der Waals surface area contributed by atoms with Gasteiger partial charge in [0.25, 0.3) is 5.91 Å². The van der Waals surface area contributed by atoms with Gasteiger partial charge in [-0.05, 0) is 42.7 Å². The molecule has 1 aliphatic rings. The van der Waals surface area contributed by atoms with Crippen LogP contribution >= 0.6 is 0 Å². The van der Waals surface area contributed by atoms with Gasteiger partial charge in [0.05, 0.1) is 23.6 Å². The lowest BCUT2D eigenvalue weighted by molar-refractivity contribution is 0.00524. The maximum Gasteiger partial charge on any atom is 0.256 e. The maximum absolute atomic E-state index is 14.7. The van der Waals surface area contributed by atoms with Crippen LogP contribution in [0.2, 0.25) is 0 Å². The highest BCUT2D eigenvalue weighted by Gasteiger charge is 2.30. The molecule has 3 aromatic rings. The van der Waals surface area contributed by atoms with E-state index in [1.54, 1.807) is 24.3 Å². The van der Waals surface area contributed by atoms with Crippen LogP contribution in [-0.2, 0) is 6.54 Å². The van der Waals surface area contributed by atoms with Gasteiger partial charge in [-0.1, -0.05) is 31.4 Å². The smallest absolute Gasteiger partial charge is 0.256 e. The third kappa shape index (κ3) is 4.75. The second-order valence-electron chi connectivity index (χ2n) is 8.57. The minimum Gasteiger partial charge on any atom is -0.497 e. The average molecular weight is 456 g/mol. The van der Waals surface area contributed by atoms with Crippen LogP contribution in [0.5, 0.6) is 5.75 Å². The molecular weight excluding hydrogens is 430 g/mol. The zero-order valence-electron chi connectivity index (χ0n) is 18.4. The number of hydrogen-bond acceptors (Lipinski definition) is 4. The zero-order valence-corrected chi connectivity index (χ0v) is 18.4. The van der Waals surface area contributed by atoms with E-state index in [1.165, 1.54) is 17.9 Å². The van der Waals surface area contributed by atoms with E-state index < -0.39 is 34.0 Å². The fourth-order valence-corrected chi connectivity index (χ4v) is 4.39. The number of halogens is 2. The first-order chi connectivity index (χ1) is 15.8. The van der Waals surface area contributed by atoms with Crippen molar-refractivity contribution in [2.45, 2.75) is 44.2 Å². The fraction of sp³-hybridized carbons (Fsp3) is 0.360. The third-order valence-corrected chi connectivity index (χ3v) is 6.24. The topological polar surface area (TPSA) is 80.6 Å². The first-order valence-corrected chi connectivity index (χ1v) is 11.0. The highest BCUT2D eigenvalue weighted by molar-refractivity contribution is 5.97. The lowest BCUT2D eigenvalue weighted by Gasteiger charge is -2.32.